The van der Waals surface area contributed by atoms with Gasteiger partial charge in [-0.05, 0) is 26.0 Å². The van der Waals surface area contributed by atoms with Gasteiger partial charge in [0.15, 0.2) is 0 Å². The lowest BCUT2D eigenvalue weighted by Gasteiger charge is -2.06. The highest BCUT2D eigenvalue weighted by Gasteiger charge is 2.23. The molecule has 0 spiro atoms. The molecule has 0 fully saturated rings. The van der Waals surface area contributed by atoms with Gasteiger partial charge in [-0.25, -0.2) is 9.48 Å². The molecular weight excluding hydrogens is 276 g/mol. The van der Waals surface area contributed by atoms with E-state index in [9.17, 15) is 14.9 Å². The molecule has 8 heteroatoms. The smallest absolute Gasteiger partial charge is 0.339 e. The zero-order valence-corrected chi connectivity index (χ0v) is 11.2. The number of carboxylic acid groups (broad SMARTS) is 1. The van der Waals surface area contributed by atoms with E-state index in [0.717, 1.165) is 0 Å². The van der Waals surface area contributed by atoms with Crippen LogP contribution in [0.3, 0.4) is 0 Å². The predicted octanol–water partition coefficient (Wildman–Crippen LogP) is 1.97. The maximum atomic E-state index is 11.2. The number of nitro groups is 1. The van der Waals surface area contributed by atoms with Crippen LogP contribution < -0.4 is 0 Å². The lowest BCUT2D eigenvalue weighted by Crippen LogP contribution is -2.05. The molecule has 0 aliphatic rings. The fourth-order valence-corrected chi connectivity index (χ4v) is 2.10. The van der Waals surface area contributed by atoms with E-state index >= 15 is 0 Å². The largest absolute Gasteiger partial charge is 0.478 e. The highest BCUT2D eigenvalue weighted by atomic mass is 16.6. The number of hydrogen-bond donors (Lipinski definition) is 1. The first-order valence-corrected chi connectivity index (χ1v) is 5.85. The Morgan fingerprint density at radius 2 is 2.14 bits per heavy atom. The topological polar surface area (TPSA) is 122 Å². The summed E-state index contributed by atoms with van der Waals surface area (Å²) in [5, 5.41) is 33.2. The molecule has 0 unspecified atom stereocenters. The quantitative estimate of drug-likeness (QED) is 0.679. The molecule has 0 saturated heterocycles. The standard InChI is InChI=1S/C13H10N4O4/c1-7-12(13(18)19)8(2)16(15-7)11-5-9(6-14)3-4-10(11)17(20)21/h3-5H,1-2H3,(H,18,19). The Morgan fingerprint density at radius 1 is 1.48 bits per heavy atom. The van der Waals surface area contributed by atoms with E-state index in [1.165, 1.54) is 36.7 Å². The molecule has 106 valence electrons. The third kappa shape index (κ3) is 2.32. The van der Waals surface area contributed by atoms with Crippen LogP contribution in [0.1, 0.15) is 27.3 Å². The van der Waals surface area contributed by atoms with Crippen LogP contribution in [0.2, 0.25) is 0 Å². The van der Waals surface area contributed by atoms with Crippen molar-refractivity contribution in [1.29, 1.82) is 5.26 Å². The van der Waals surface area contributed by atoms with E-state index in [1.54, 1.807) is 0 Å². The van der Waals surface area contributed by atoms with Crippen molar-refractivity contribution in [3.8, 4) is 11.8 Å². The molecule has 0 radical (unpaired) electrons. The second-order valence-corrected chi connectivity index (χ2v) is 4.34. The number of aryl methyl sites for hydroxylation is 1. The van der Waals surface area contributed by atoms with E-state index in [-0.39, 0.29) is 33.9 Å². The minimum absolute atomic E-state index is 0.00772. The van der Waals surface area contributed by atoms with Gasteiger partial charge in [0.1, 0.15) is 11.3 Å². The highest BCUT2D eigenvalue weighted by molar-refractivity contribution is 5.90. The number of nitrogens with zero attached hydrogens (tertiary/aromatic N) is 4. The molecule has 0 bridgehead atoms. The number of hydrogen-bond acceptors (Lipinski definition) is 5. The summed E-state index contributed by atoms with van der Waals surface area (Å²) in [5.74, 6) is -1.16. The molecule has 2 rings (SSSR count). The lowest BCUT2D eigenvalue weighted by molar-refractivity contribution is -0.384. The van der Waals surface area contributed by atoms with Crippen molar-refractivity contribution in [2.45, 2.75) is 13.8 Å². The van der Waals surface area contributed by atoms with Gasteiger partial charge in [0, 0.05) is 6.07 Å². The average Bonchev–Trinajstić information content (AvgIpc) is 2.72. The number of aromatic nitrogens is 2. The molecule has 0 aliphatic heterocycles. The summed E-state index contributed by atoms with van der Waals surface area (Å²) >= 11 is 0. The predicted molar refractivity (Wildman–Crippen MR) is 71.4 cm³/mol. The molecule has 0 saturated carbocycles. The molecule has 0 atom stereocenters. The molecule has 1 heterocycles. The molecule has 21 heavy (non-hydrogen) atoms. The second-order valence-electron chi connectivity index (χ2n) is 4.34. The van der Waals surface area contributed by atoms with Gasteiger partial charge in [-0.2, -0.15) is 10.4 Å². The Balaban J connectivity index is 2.78. The van der Waals surface area contributed by atoms with Gasteiger partial charge in [-0.1, -0.05) is 0 Å². The summed E-state index contributed by atoms with van der Waals surface area (Å²) in [7, 11) is 0. The Hall–Kier alpha value is -3.21. The molecule has 0 aliphatic carbocycles. The second kappa shape index (κ2) is 5.05. The maximum absolute atomic E-state index is 11.2. The summed E-state index contributed by atoms with van der Waals surface area (Å²) in [6.45, 7) is 3.01. The Labute approximate surface area is 119 Å². The minimum Gasteiger partial charge on any atom is -0.478 e. The van der Waals surface area contributed by atoms with Gasteiger partial charge < -0.3 is 5.11 Å². The van der Waals surface area contributed by atoms with Crippen LogP contribution in [0.25, 0.3) is 5.69 Å². The molecule has 8 nitrogen and oxygen atoms in total. The van der Waals surface area contributed by atoms with Crippen LogP contribution in [-0.4, -0.2) is 25.8 Å². The highest BCUT2D eigenvalue weighted by Crippen LogP contribution is 2.26. The van der Waals surface area contributed by atoms with Crippen molar-refractivity contribution >= 4 is 11.7 Å². The molecule has 1 N–H and O–H groups in total. The number of benzene rings is 1. The monoisotopic (exact) mass is 286 g/mol. The fraction of sp³-hybridized carbons (Fsp3) is 0.154. The number of carboxylic acids is 1. The average molecular weight is 286 g/mol. The van der Waals surface area contributed by atoms with Crippen molar-refractivity contribution < 1.29 is 14.8 Å². The van der Waals surface area contributed by atoms with Gasteiger partial charge in [0.2, 0.25) is 0 Å². The van der Waals surface area contributed by atoms with Crippen LogP contribution in [-0.2, 0) is 0 Å². The van der Waals surface area contributed by atoms with Crippen molar-refractivity contribution in [2.24, 2.45) is 0 Å². The number of aromatic carboxylic acids is 1. The van der Waals surface area contributed by atoms with Gasteiger partial charge in [-0.3, -0.25) is 10.1 Å². The molecule has 2 aromatic rings. The first-order valence-electron chi connectivity index (χ1n) is 5.85. The summed E-state index contributed by atoms with van der Waals surface area (Å²) in [4.78, 5) is 21.7. The van der Waals surface area contributed by atoms with E-state index in [0.29, 0.717) is 0 Å². The van der Waals surface area contributed by atoms with Gasteiger partial charge in [0.25, 0.3) is 5.69 Å². The maximum Gasteiger partial charge on any atom is 0.339 e. The van der Waals surface area contributed by atoms with Gasteiger partial charge in [0.05, 0.1) is 27.9 Å². The Morgan fingerprint density at radius 3 is 2.62 bits per heavy atom. The first-order chi connectivity index (χ1) is 9.86. The molecule has 1 aromatic carbocycles. The van der Waals surface area contributed by atoms with Crippen LogP contribution in [0.4, 0.5) is 5.69 Å². The van der Waals surface area contributed by atoms with E-state index in [4.69, 9.17) is 10.4 Å². The third-order valence-electron chi connectivity index (χ3n) is 3.03. The van der Waals surface area contributed by atoms with E-state index < -0.39 is 10.9 Å². The number of nitriles is 1. The number of nitro benzene ring substituents is 1. The molecule has 1 aromatic heterocycles. The minimum atomic E-state index is -1.16. The van der Waals surface area contributed by atoms with Crippen LogP contribution in [0.5, 0.6) is 0 Å². The Bertz CT molecular complexity index is 801. The van der Waals surface area contributed by atoms with Crippen molar-refractivity contribution in [3.05, 3.63) is 50.8 Å². The van der Waals surface area contributed by atoms with Crippen LogP contribution in [0, 0.1) is 35.3 Å². The van der Waals surface area contributed by atoms with E-state index in [1.807, 2.05) is 6.07 Å². The molecule has 0 amide bonds. The summed E-state index contributed by atoms with van der Waals surface area (Å²) in [6.07, 6.45) is 0. The zero-order valence-electron chi connectivity index (χ0n) is 11.2. The summed E-state index contributed by atoms with van der Waals surface area (Å²) < 4.78 is 1.18. The normalized spacial score (nSPS) is 10.1. The lowest BCUT2D eigenvalue weighted by atomic mass is 10.1. The summed E-state index contributed by atoms with van der Waals surface area (Å²) in [5.41, 5.74) is 0.533. The Kier molecular flexibility index (Phi) is 3.42. The fourth-order valence-electron chi connectivity index (χ4n) is 2.10. The van der Waals surface area contributed by atoms with Gasteiger partial charge >= 0.3 is 5.97 Å². The van der Waals surface area contributed by atoms with E-state index in [2.05, 4.69) is 5.10 Å². The van der Waals surface area contributed by atoms with Crippen molar-refractivity contribution in [2.75, 3.05) is 0 Å². The van der Waals surface area contributed by atoms with Crippen LogP contribution in [0.15, 0.2) is 18.2 Å². The number of rotatable bonds is 3. The summed E-state index contributed by atoms with van der Waals surface area (Å²) in [6, 6.07) is 5.72. The third-order valence-corrected chi connectivity index (χ3v) is 3.03. The molecular formula is C13H10N4O4. The van der Waals surface area contributed by atoms with Crippen molar-refractivity contribution in [3.63, 3.8) is 0 Å². The van der Waals surface area contributed by atoms with Crippen molar-refractivity contribution in [1.82, 2.24) is 9.78 Å². The van der Waals surface area contributed by atoms with Crippen LogP contribution >= 0.6 is 0 Å². The zero-order chi connectivity index (χ0) is 15.7. The number of carbonyl (C=O) groups is 1. The van der Waals surface area contributed by atoms with Gasteiger partial charge in [-0.15, -0.1) is 0 Å². The first kappa shape index (κ1) is 14.2. The SMILES string of the molecule is Cc1nn(-c2cc(C#N)ccc2[N+](=O)[O-])c(C)c1C(=O)O.